The largest absolute Gasteiger partial charge is 0.421 e. The summed E-state index contributed by atoms with van der Waals surface area (Å²) < 4.78 is 5.09. The molecule has 3 nitrogen and oxygen atoms in total. The van der Waals surface area contributed by atoms with Crippen LogP contribution in [0, 0.1) is 0 Å². The number of anilines is 1. The predicted molar refractivity (Wildman–Crippen MR) is 62.6 cm³/mol. The third kappa shape index (κ3) is 2.14. The number of carbonyl (C=O) groups excluding carboxylic acids is 1. The quantitative estimate of drug-likeness (QED) is 0.771. The zero-order valence-corrected chi connectivity index (χ0v) is 9.28. The van der Waals surface area contributed by atoms with Crippen LogP contribution in [-0.4, -0.2) is 5.97 Å². The Morgan fingerprint density at radius 3 is 2.50 bits per heavy atom. The van der Waals surface area contributed by atoms with Crippen molar-refractivity contribution < 1.29 is 9.53 Å². The fraction of sp³-hybridized carbons (Fsp3) is 0.154. The van der Waals surface area contributed by atoms with E-state index in [-0.39, 0.29) is 5.97 Å². The maximum atomic E-state index is 11.1. The molecule has 3 heteroatoms. The minimum atomic E-state index is -0.304. The number of nitrogens with one attached hydrogen (secondary N) is 1. The van der Waals surface area contributed by atoms with E-state index in [1.54, 1.807) is 0 Å². The van der Waals surface area contributed by atoms with Gasteiger partial charge in [0.1, 0.15) is 0 Å². The molecular weight excluding hydrogens is 202 g/mol. The molecule has 1 heterocycles. The normalized spacial score (nSPS) is 17.9. The topological polar surface area (TPSA) is 38.3 Å². The lowest BCUT2D eigenvalue weighted by Gasteiger charge is -2.09. The van der Waals surface area contributed by atoms with Gasteiger partial charge in [-0.3, -0.25) is 0 Å². The van der Waals surface area contributed by atoms with Gasteiger partial charge in [0.05, 0.1) is 5.70 Å². The van der Waals surface area contributed by atoms with Gasteiger partial charge in [-0.25, -0.2) is 4.79 Å². The van der Waals surface area contributed by atoms with E-state index >= 15 is 0 Å². The van der Waals surface area contributed by atoms with Crippen LogP contribution in [0.5, 0.6) is 0 Å². The molecule has 1 aromatic rings. The van der Waals surface area contributed by atoms with Crippen LogP contribution in [0.2, 0.25) is 0 Å². The first kappa shape index (κ1) is 10.5. The number of hydrogen-bond donors (Lipinski definition) is 1. The highest BCUT2D eigenvalue weighted by Crippen LogP contribution is 2.23. The third-order valence-electron chi connectivity index (χ3n) is 2.34. The summed E-state index contributed by atoms with van der Waals surface area (Å²) in [7, 11) is 0. The molecule has 82 valence electrons. The van der Waals surface area contributed by atoms with Gasteiger partial charge in [-0.15, -0.1) is 0 Å². The Hall–Kier alpha value is -2.03. The summed E-state index contributed by atoms with van der Waals surface area (Å²) >= 11 is 0. The number of allylic oxidation sites excluding steroid dienone is 2. The van der Waals surface area contributed by atoms with Gasteiger partial charge in [-0.1, -0.05) is 18.2 Å². The molecule has 16 heavy (non-hydrogen) atoms. The van der Waals surface area contributed by atoms with E-state index in [2.05, 4.69) is 5.32 Å². The second-order valence-corrected chi connectivity index (χ2v) is 3.69. The molecule has 0 aliphatic carbocycles. The minimum Gasteiger partial charge on any atom is -0.421 e. The lowest BCUT2D eigenvalue weighted by molar-refractivity contribution is -0.132. The highest BCUT2D eigenvalue weighted by molar-refractivity contribution is 5.88. The van der Waals surface area contributed by atoms with E-state index in [0.717, 1.165) is 17.0 Å². The Kier molecular flexibility index (Phi) is 2.77. The number of ether oxygens (including phenoxy) is 1. The summed E-state index contributed by atoms with van der Waals surface area (Å²) in [6.45, 7) is 3.74. The molecule has 0 spiro atoms. The summed E-state index contributed by atoms with van der Waals surface area (Å²) in [6, 6.07) is 9.77. The summed E-state index contributed by atoms with van der Waals surface area (Å²) in [5.41, 5.74) is 2.67. The zero-order chi connectivity index (χ0) is 11.5. The van der Waals surface area contributed by atoms with E-state index in [0.29, 0.717) is 5.76 Å². The van der Waals surface area contributed by atoms with Gasteiger partial charge in [0.15, 0.2) is 5.76 Å². The van der Waals surface area contributed by atoms with Crippen LogP contribution in [-0.2, 0) is 9.53 Å². The average Bonchev–Trinajstić information content (AvgIpc) is 2.59. The van der Waals surface area contributed by atoms with Gasteiger partial charge in [0, 0.05) is 17.3 Å². The standard InChI is InChI=1S/C13H13NO2/c1-9-8-12(15)16-13(9)10(2)14-11-6-4-3-5-7-11/h3-8,14H,1-2H3. The van der Waals surface area contributed by atoms with Crippen molar-refractivity contribution in [1.29, 1.82) is 0 Å². The fourth-order valence-corrected chi connectivity index (χ4v) is 1.62. The number of benzene rings is 1. The molecule has 0 saturated heterocycles. The molecule has 0 radical (unpaired) electrons. The average molecular weight is 215 g/mol. The van der Waals surface area contributed by atoms with Crippen molar-refractivity contribution in [2.24, 2.45) is 0 Å². The molecule has 1 aliphatic rings. The number of cyclic esters (lactones) is 1. The Balaban J connectivity index is 2.21. The first-order valence-electron chi connectivity index (χ1n) is 5.10. The van der Waals surface area contributed by atoms with Crippen molar-refractivity contribution in [3.63, 3.8) is 0 Å². The Labute approximate surface area is 94.4 Å². The molecule has 0 atom stereocenters. The van der Waals surface area contributed by atoms with Gasteiger partial charge >= 0.3 is 5.97 Å². The molecule has 0 aromatic heterocycles. The van der Waals surface area contributed by atoms with E-state index in [4.69, 9.17) is 4.74 Å². The van der Waals surface area contributed by atoms with E-state index in [1.165, 1.54) is 6.08 Å². The van der Waals surface area contributed by atoms with E-state index in [1.807, 2.05) is 44.2 Å². The smallest absolute Gasteiger partial charge is 0.336 e. The molecule has 2 rings (SSSR count). The molecule has 0 unspecified atom stereocenters. The van der Waals surface area contributed by atoms with Gasteiger partial charge in [0.25, 0.3) is 0 Å². The Bertz CT molecular complexity index is 472. The van der Waals surface area contributed by atoms with Crippen molar-refractivity contribution in [1.82, 2.24) is 0 Å². The molecular formula is C13H13NO2. The number of carbonyl (C=O) groups is 1. The highest BCUT2D eigenvalue weighted by Gasteiger charge is 2.18. The predicted octanol–water partition coefficient (Wildman–Crippen LogP) is 2.83. The number of hydrogen-bond acceptors (Lipinski definition) is 3. The second kappa shape index (κ2) is 4.23. The molecule has 0 bridgehead atoms. The maximum Gasteiger partial charge on any atom is 0.336 e. The lowest BCUT2D eigenvalue weighted by atomic mass is 10.2. The van der Waals surface area contributed by atoms with Crippen LogP contribution < -0.4 is 5.32 Å². The summed E-state index contributed by atoms with van der Waals surface area (Å²) in [5.74, 6) is 0.315. The molecule has 1 N–H and O–H groups in total. The Morgan fingerprint density at radius 1 is 1.25 bits per heavy atom. The van der Waals surface area contributed by atoms with E-state index < -0.39 is 0 Å². The zero-order valence-electron chi connectivity index (χ0n) is 9.28. The maximum absolute atomic E-state index is 11.1. The summed E-state index contributed by atoms with van der Waals surface area (Å²) in [5, 5.41) is 3.20. The Morgan fingerprint density at radius 2 is 1.94 bits per heavy atom. The van der Waals surface area contributed by atoms with Crippen LogP contribution in [0.15, 0.2) is 53.4 Å². The van der Waals surface area contributed by atoms with Crippen molar-refractivity contribution >= 4 is 11.7 Å². The van der Waals surface area contributed by atoms with Gasteiger partial charge in [-0.2, -0.15) is 0 Å². The molecule has 1 aliphatic heterocycles. The summed E-state index contributed by atoms with van der Waals surface area (Å²) in [6.07, 6.45) is 1.49. The van der Waals surface area contributed by atoms with E-state index in [9.17, 15) is 4.79 Å². The highest BCUT2D eigenvalue weighted by atomic mass is 16.5. The third-order valence-corrected chi connectivity index (χ3v) is 2.34. The van der Waals surface area contributed by atoms with Gasteiger partial charge < -0.3 is 10.1 Å². The first-order chi connectivity index (χ1) is 7.66. The molecule has 0 saturated carbocycles. The van der Waals surface area contributed by atoms with Gasteiger partial charge in [0.2, 0.25) is 0 Å². The van der Waals surface area contributed by atoms with Crippen molar-refractivity contribution in [3.05, 3.63) is 53.4 Å². The molecule has 0 fully saturated rings. The van der Waals surface area contributed by atoms with Crippen LogP contribution >= 0.6 is 0 Å². The van der Waals surface area contributed by atoms with Crippen LogP contribution in [0.1, 0.15) is 13.8 Å². The second-order valence-electron chi connectivity index (χ2n) is 3.69. The minimum absolute atomic E-state index is 0.304. The number of para-hydroxylation sites is 1. The van der Waals surface area contributed by atoms with Crippen molar-refractivity contribution in [2.75, 3.05) is 5.32 Å². The monoisotopic (exact) mass is 215 g/mol. The van der Waals surface area contributed by atoms with Gasteiger partial charge in [-0.05, 0) is 26.0 Å². The summed E-state index contributed by atoms with van der Waals surface area (Å²) in [4.78, 5) is 11.1. The molecule has 1 aromatic carbocycles. The van der Waals surface area contributed by atoms with Crippen LogP contribution in [0.4, 0.5) is 5.69 Å². The number of esters is 1. The first-order valence-corrected chi connectivity index (χ1v) is 5.10. The molecule has 0 amide bonds. The van der Waals surface area contributed by atoms with Crippen molar-refractivity contribution in [3.8, 4) is 0 Å². The number of rotatable bonds is 2. The lowest BCUT2D eigenvalue weighted by Crippen LogP contribution is -2.02. The fourth-order valence-electron chi connectivity index (χ4n) is 1.62. The van der Waals surface area contributed by atoms with Crippen LogP contribution in [0.3, 0.4) is 0 Å². The van der Waals surface area contributed by atoms with Crippen LogP contribution in [0.25, 0.3) is 0 Å². The SMILES string of the molecule is CC1=CC(=O)OC1=C(C)Nc1ccccc1. The van der Waals surface area contributed by atoms with Crippen molar-refractivity contribution in [2.45, 2.75) is 13.8 Å².